The molecule has 1 amide bonds. The van der Waals surface area contributed by atoms with Crippen LogP contribution in [-0.4, -0.2) is 53.2 Å². The average Bonchev–Trinajstić information content (AvgIpc) is 3.44. The minimum absolute atomic E-state index is 0.0207. The molecule has 3 aromatic heterocycles. The van der Waals surface area contributed by atoms with Crippen LogP contribution in [0.15, 0.2) is 41.3 Å². The number of halogens is 2. The van der Waals surface area contributed by atoms with Gasteiger partial charge in [0.05, 0.1) is 34.6 Å². The van der Waals surface area contributed by atoms with Crippen molar-refractivity contribution in [2.45, 2.75) is 32.7 Å². The van der Waals surface area contributed by atoms with Gasteiger partial charge in [-0.3, -0.25) is 19.1 Å². The minimum Gasteiger partial charge on any atom is -0.377 e. The first-order chi connectivity index (χ1) is 20.7. The standard InChI is InChI=1S/C30H31ClFN7O4S/c1-14-8-18(15(2)34-23-6-7-24(31)35-27(23)28(40)37-44(5,42)43)26-19(9-14)29(41)38(4)30(36-26)39-12-20-21(13-39)25(20)17-10-22(32)16(3)33-11-17/h6-11,15,20-21,25,34H,12-13H2,1-5H3,(H,37,40)/t15-,20-,21+,25?/m1/s1. The SMILES string of the molecule is Cc1cc([C@@H](C)Nc2ccc(Cl)nc2C(=O)NS(C)(=O)=O)c2nc(N3C[C@@H]4C(c5cnc(C)c(F)c5)[C@@H]4C3)n(C)c(=O)c2c1. The van der Waals surface area contributed by atoms with Crippen molar-refractivity contribution in [1.82, 2.24) is 24.2 Å². The van der Waals surface area contributed by atoms with E-state index in [2.05, 4.69) is 20.2 Å². The largest absolute Gasteiger partial charge is 0.377 e. The summed E-state index contributed by atoms with van der Waals surface area (Å²) in [5.74, 6) is 0.183. The van der Waals surface area contributed by atoms with E-state index in [1.165, 1.54) is 6.07 Å². The van der Waals surface area contributed by atoms with E-state index in [4.69, 9.17) is 16.6 Å². The average molecular weight is 640 g/mol. The molecule has 0 radical (unpaired) electrons. The molecular formula is C30H31ClFN7O4S. The maximum Gasteiger partial charge on any atom is 0.285 e. The van der Waals surface area contributed by atoms with Gasteiger partial charge in [0.25, 0.3) is 11.5 Å². The van der Waals surface area contributed by atoms with E-state index in [0.29, 0.717) is 53.0 Å². The highest BCUT2D eigenvalue weighted by Crippen LogP contribution is 2.58. The summed E-state index contributed by atoms with van der Waals surface area (Å²) < 4.78 is 41.1. The van der Waals surface area contributed by atoms with Crippen LogP contribution in [0.3, 0.4) is 0 Å². The molecular weight excluding hydrogens is 609 g/mol. The number of anilines is 2. The Kier molecular flexibility index (Phi) is 7.36. The number of rotatable bonds is 7. The van der Waals surface area contributed by atoms with Gasteiger partial charge in [-0.1, -0.05) is 17.7 Å². The number of piperidine rings is 1. The van der Waals surface area contributed by atoms with E-state index in [9.17, 15) is 22.4 Å². The summed E-state index contributed by atoms with van der Waals surface area (Å²) in [6.07, 6.45) is 2.63. The Labute approximate surface area is 258 Å². The zero-order valence-electron chi connectivity index (χ0n) is 24.7. The number of carbonyl (C=O) groups excluding carboxylic acids is 1. The van der Waals surface area contributed by atoms with Crippen LogP contribution < -0.4 is 20.5 Å². The van der Waals surface area contributed by atoms with Crippen molar-refractivity contribution in [2.24, 2.45) is 18.9 Å². The van der Waals surface area contributed by atoms with Crippen molar-refractivity contribution in [3.8, 4) is 0 Å². The van der Waals surface area contributed by atoms with Gasteiger partial charge in [0.2, 0.25) is 16.0 Å². The Morgan fingerprint density at radius 2 is 1.84 bits per heavy atom. The number of benzene rings is 1. The van der Waals surface area contributed by atoms with Crippen molar-refractivity contribution < 1.29 is 17.6 Å². The molecule has 0 bridgehead atoms. The maximum absolute atomic E-state index is 14.2. The lowest BCUT2D eigenvalue weighted by Crippen LogP contribution is -2.32. The first kappa shape index (κ1) is 29.9. The number of hydrogen-bond donors (Lipinski definition) is 2. The second kappa shape index (κ2) is 10.8. The molecule has 1 saturated heterocycles. The first-order valence-corrected chi connectivity index (χ1v) is 16.3. The van der Waals surface area contributed by atoms with Crippen LogP contribution in [-0.2, 0) is 17.1 Å². The van der Waals surface area contributed by atoms with E-state index in [0.717, 1.165) is 17.4 Å². The van der Waals surface area contributed by atoms with E-state index in [1.807, 2.05) is 24.6 Å². The van der Waals surface area contributed by atoms with Crippen molar-refractivity contribution >= 4 is 50.1 Å². The van der Waals surface area contributed by atoms with Gasteiger partial charge in [-0.05, 0) is 73.9 Å². The van der Waals surface area contributed by atoms with Gasteiger partial charge in [-0.2, -0.15) is 0 Å². The summed E-state index contributed by atoms with van der Waals surface area (Å²) in [4.78, 5) is 41.7. The summed E-state index contributed by atoms with van der Waals surface area (Å²) in [6, 6.07) is 7.86. The Morgan fingerprint density at radius 1 is 1.14 bits per heavy atom. The number of sulfonamides is 1. The highest BCUT2D eigenvalue weighted by atomic mass is 35.5. The Bertz CT molecular complexity index is 2010. The molecule has 6 rings (SSSR count). The number of aryl methyl sites for hydroxylation is 2. The molecule has 1 aromatic carbocycles. The Hall–Kier alpha value is -4.10. The third-order valence-corrected chi connectivity index (χ3v) is 9.20. The van der Waals surface area contributed by atoms with E-state index < -0.39 is 22.0 Å². The van der Waals surface area contributed by atoms with Gasteiger partial charge < -0.3 is 10.2 Å². The predicted molar refractivity (Wildman–Crippen MR) is 166 cm³/mol. The molecule has 11 nitrogen and oxygen atoms in total. The summed E-state index contributed by atoms with van der Waals surface area (Å²) in [6.45, 7) is 6.74. The molecule has 2 aliphatic rings. The first-order valence-electron chi connectivity index (χ1n) is 14.0. The molecule has 230 valence electrons. The lowest BCUT2D eigenvalue weighted by molar-refractivity contribution is 0.0977. The number of aromatic nitrogens is 4. The van der Waals surface area contributed by atoms with Crippen molar-refractivity contribution in [3.63, 3.8) is 0 Å². The summed E-state index contributed by atoms with van der Waals surface area (Å²) >= 11 is 6.03. The smallest absolute Gasteiger partial charge is 0.285 e. The zero-order valence-corrected chi connectivity index (χ0v) is 26.3. The molecule has 1 aliphatic carbocycles. The maximum atomic E-state index is 14.2. The molecule has 44 heavy (non-hydrogen) atoms. The molecule has 0 spiro atoms. The van der Waals surface area contributed by atoms with Crippen LogP contribution in [0.2, 0.25) is 5.15 Å². The fourth-order valence-electron chi connectivity index (χ4n) is 6.29. The van der Waals surface area contributed by atoms with E-state index >= 15 is 0 Å². The number of fused-ring (bicyclic) bond motifs is 2. The van der Waals surface area contributed by atoms with E-state index in [1.54, 1.807) is 42.9 Å². The molecule has 4 aromatic rings. The van der Waals surface area contributed by atoms with Gasteiger partial charge in [0.1, 0.15) is 11.0 Å². The van der Waals surface area contributed by atoms with Crippen LogP contribution >= 0.6 is 11.6 Å². The number of pyridine rings is 2. The van der Waals surface area contributed by atoms with Crippen LogP contribution in [0.25, 0.3) is 10.9 Å². The summed E-state index contributed by atoms with van der Waals surface area (Å²) in [7, 11) is -2.13. The monoisotopic (exact) mass is 639 g/mol. The Balaban J connectivity index is 1.32. The predicted octanol–water partition coefficient (Wildman–Crippen LogP) is 3.85. The zero-order chi connectivity index (χ0) is 31.7. The molecule has 1 saturated carbocycles. The number of hydrogen-bond acceptors (Lipinski definition) is 9. The van der Waals surface area contributed by atoms with Gasteiger partial charge in [0.15, 0.2) is 5.69 Å². The fraction of sp³-hybridized carbons (Fsp3) is 0.367. The third kappa shape index (κ3) is 5.50. The number of nitrogens with zero attached hydrogens (tertiary/aromatic N) is 5. The highest BCUT2D eigenvalue weighted by Gasteiger charge is 2.57. The van der Waals surface area contributed by atoms with Crippen LogP contribution in [0.4, 0.5) is 16.0 Å². The third-order valence-electron chi connectivity index (χ3n) is 8.43. The second-order valence-electron chi connectivity index (χ2n) is 11.7. The van der Waals surface area contributed by atoms with Crippen LogP contribution in [0, 0.1) is 31.5 Å². The number of amides is 1. The van der Waals surface area contributed by atoms with E-state index in [-0.39, 0.29) is 33.8 Å². The van der Waals surface area contributed by atoms with Gasteiger partial charge in [-0.15, -0.1) is 0 Å². The quantitative estimate of drug-likeness (QED) is 0.289. The van der Waals surface area contributed by atoms with Crippen molar-refractivity contribution in [3.05, 3.63) is 85.9 Å². The van der Waals surface area contributed by atoms with Crippen molar-refractivity contribution in [2.75, 3.05) is 29.6 Å². The van der Waals surface area contributed by atoms with Gasteiger partial charge in [-0.25, -0.2) is 27.5 Å². The van der Waals surface area contributed by atoms with Crippen molar-refractivity contribution in [1.29, 1.82) is 0 Å². The summed E-state index contributed by atoms with van der Waals surface area (Å²) in [5, 5.41) is 3.71. The lowest BCUT2D eigenvalue weighted by Gasteiger charge is -2.25. The second-order valence-corrected chi connectivity index (χ2v) is 13.9. The normalized spacial score (nSPS) is 20.0. The number of nitrogens with one attached hydrogen (secondary N) is 2. The van der Waals surface area contributed by atoms with Crippen LogP contribution in [0.1, 0.15) is 51.8 Å². The van der Waals surface area contributed by atoms with Gasteiger partial charge >= 0.3 is 0 Å². The van der Waals surface area contributed by atoms with Gasteiger partial charge in [0, 0.05) is 31.9 Å². The lowest BCUT2D eigenvalue weighted by atomic mass is 10.0. The molecule has 4 atom stereocenters. The summed E-state index contributed by atoms with van der Waals surface area (Å²) in [5.41, 5.74) is 3.24. The number of carbonyl (C=O) groups is 1. The minimum atomic E-state index is -3.84. The molecule has 1 unspecified atom stereocenters. The molecule has 1 aliphatic heterocycles. The fourth-order valence-corrected chi connectivity index (χ4v) is 6.88. The Morgan fingerprint density at radius 3 is 2.50 bits per heavy atom. The molecule has 14 heteroatoms. The van der Waals surface area contributed by atoms with Crippen LogP contribution in [0.5, 0.6) is 0 Å². The topological polar surface area (TPSA) is 139 Å². The molecule has 4 heterocycles. The molecule has 2 N–H and O–H groups in total. The highest BCUT2D eigenvalue weighted by molar-refractivity contribution is 7.89. The molecule has 2 fully saturated rings.